The normalized spacial score (nSPS) is 10.1. The monoisotopic (exact) mass is 244 g/mol. The molecule has 0 spiro atoms. The zero-order valence-electron chi connectivity index (χ0n) is 9.83. The smallest absolute Gasteiger partial charge is 0.363 e. The van der Waals surface area contributed by atoms with Gasteiger partial charge in [0, 0.05) is 12.3 Å². The van der Waals surface area contributed by atoms with E-state index in [9.17, 15) is 10.1 Å². The Morgan fingerprint density at radius 3 is 2.78 bits per heavy atom. The topological polar surface area (TPSA) is 81.0 Å². The third-order valence-corrected chi connectivity index (χ3v) is 2.51. The predicted molar refractivity (Wildman–Crippen MR) is 67.2 cm³/mol. The van der Waals surface area contributed by atoms with Crippen LogP contribution in [0.15, 0.2) is 36.7 Å². The molecule has 0 saturated carbocycles. The van der Waals surface area contributed by atoms with Crippen LogP contribution < -0.4 is 5.32 Å². The molecule has 2 rings (SSSR count). The zero-order chi connectivity index (χ0) is 13.0. The van der Waals surface area contributed by atoms with Gasteiger partial charge in [0.05, 0.1) is 17.9 Å². The van der Waals surface area contributed by atoms with Gasteiger partial charge in [0.1, 0.15) is 0 Å². The molecule has 0 fully saturated rings. The van der Waals surface area contributed by atoms with Gasteiger partial charge in [-0.3, -0.25) is 4.98 Å². The number of pyridine rings is 2. The molecule has 0 amide bonds. The van der Waals surface area contributed by atoms with Crippen molar-refractivity contribution in [2.75, 3.05) is 5.32 Å². The number of hydrogen-bond donors (Lipinski definition) is 1. The first-order valence-corrected chi connectivity index (χ1v) is 5.41. The van der Waals surface area contributed by atoms with Crippen LogP contribution in [0.1, 0.15) is 11.3 Å². The van der Waals surface area contributed by atoms with Crippen molar-refractivity contribution in [3.63, 3.8) is 0 Å². The van der Waals surface area contributed by atoms with Gasteiger partial charge >= 0.3 is 5.82 Å². The number of anilines is 1. The van der Waals surface area contributed by atoms with E-state index < -0.39 is 4.92 Å². The Kier molecular flexibility index (Phi) is 3.47. The molecule has 0 radical (unpaired) electrons. The first kappa shape index (κ1) is 12.0. The summed E-state index contributed by atoms with van der Waals surface area (Å²) in [6.07, 6.45) is 3.18. The predicted octanol–water partition coefficient (Wildman–Crippen LogP) is 2.31. The SMILES string of the molecule is Cc1cccnc1CNc1ccc([N+](=O)[O-])nc1. The van der Waals surface area contributed by atoms with Crippen LogP contribution in [-0.2, 0) is 6.54 Å². The van der Waals surface area contributed by atoms with Crippen molar-refractivity contribution in [3.8, 4) is 0 Å². The molecule has 18 heavy (non-hydrogen) atoms. The summed E-state index contributed by atoms with van der Waals surface area (Å²) in [4.78, 5) is 17.9. The fourth-order valence-electron chi connectivity index (χ4n) is 1.49. The summed E-state index contributed by atoms with van der Waals surface area (Å²) in [6.45, 7) is 2.55. The van der Waals surface area contributed by atoms with Crippen LogP contribution in [0.5, 0.6) is 0 Å². The van der Waals surface area contributed by atoms with Gasteiger partial charge in [0.2, 0.25) is 0 Å². The minimum atomic E-state index is -0.521. The average Bonchev–Trinajstić information content (AvgIpc) is 2.38. The van der Waals surface area contributed by atoms with Crippen LogP contribution in [0.25, 0.3) is 0 Å². The highest BCUT2D eigenvalue weighted by atomic mass is 16.6. The standard InChI is InChI=1S/C12H12N4O2/c1-9-3-2-6-13-11(9)8-14-10-4-5-12(15-7-10)16(17)18/h2-7,14H,8H2,1H3. The Bertz CT molecular complexity index is 554. The molecular formula is C12H12N4O2. The van der Waals surface area contributed by atoms with Gasteiger partial charge in [0.25, 0.3) is 0 Å². The summed E-state index contributed by atoms with van der Waals surface area (Å²) in [5, 5.41) is 13.6. The lowest BCUT2D eigenvalue weighted by molar-refractivity contribution is -0.389. The first-order valence-electron chi connectivity index (χ1n) is 5.41. The summed E-state index contributed by atoms with van der Waals surface area (Å²) in [5.74, 6) is -0.158. The van der Waals surface area contributed by atoms with E-state index in [4.69, 9.17) is 0 Å². The van der Waals surface area contributed by atoms with E-state index in [1.165, 1.54) is 12.3 Å². The van der Waals surface area contributed by atoms with Crippen LogP contribution in [0.2, 0.25) is 0 Å². The Morgan fingerprint density at radius 2 is 2.17 bits per heavy atom. The maximum atomic E-state index is 10.4. The van der Waals surface area contributed by atoms with E-state index in [2.05, 4.69) is 15.3 Å². The third kappa shape index (κ3) is 2.79. The second kappa shape index (κ2) is 5.22. The molecule has 0 bridgehead atoms. The van der Waals surface area contributed by atoms with Gasteiger partial charge in [-0.2, -0.15) is 0 Å². The number of nitrogens with one attached hydrogen (secondary N) is 1. The highest BCUT2D eigenvalue weighted by Gasteiger charge is 2.06. The molecule has 0 saturated heterocycles. The first-order chi connectivity index (χ1) is 8.66. The van der Waals surface area contributed by atoms with E-state index in [-0.39, 0.29) is 5.82 Å². The van der Waals surface area contributed by atoms with Crippen molar-refractivity contribution >= 4 is 11.5 Å². The lowest BCUT2D eigenvalue weighted by atomic mass is 10.2. The Hall–Kier alpha value is -2.50. The quantitative estimate of drug-likeness (QED) is 0.659. The molecule has 0 atom stereocenters. The van der Waals surface area contributed by atoms with Gasteiger partial charge in [-0.1, -0.05) is 6.07 Å². The molecule has 2 aromatic heterocycles. The lowest BCUT2D eigenvalue weighted by Crippen LogP contribution is -2.04. The summed E-state index contributed by atoms with van der Waals surface area (Å²) < 4.78 is 0. The van der Waals surface area contributed by atoms with Crippen LogP contribution in [0, 0.1) is 17.0 Å². The van der Waals surface area contributed by atoms with Crippen LogP contribution in [0.3, 0.4) is 0 Å². The van der Waals surface area contributed by atoms with Crippen molar-refractivity contribution in [2.24, 2.45) is 0 Å². The molecule has 0 aromatic carbocycles. The fourth-order valence-corrected chi connectivity index (χ4v) is 1.49. The molecule has 0 aliphatic rings. The maximum Gasteiger partial charge on any atom is 0.363 e. The highest BCUT2D eigenvalue weighted by molar-refractivity contribution is 5.43. The molecule has 2 aromatic rings. The maximum absolute atomic E-state index is 10.4. The lowest BCUT2D eigenvalue weighted by Gasteiger charge is -2.06. The largest absolute Gasteiger partial charge is 0.376 e. The number of hydrogen-bond acceptors (Lipinski definition) is 5. The second-order valence-corrected chi connectivity index (χ2v) is 3.78. The van der Waals surface area contributed by atoms with Crippen LogP contribution >= 0.6 is 0 Å². The number of aryl methyl sites for hydroxylation is 1. The zero-order valence-corrected chi connectivity index (χ0v) is 9.83. The summed E-state index contributed by atoms with van der Waals surface area (Å²) in [7, 11) is 0. The highest BCUT2D eigenvalue weighted by Crippen LogP contribution is 2.13. The van der Waals surface area contributed by atoms with E-state index >= 15 is 0 Å². The average molecular weight is 244 g/mol. The minimum absolute atomic E-state index is 0.158. The van der Waals surface area contributed by atoms with Gasteiger partial charge in [-0.15, -0.1) is 0 Å². The summed E-state index contributed by atoms with van der Waals surface area (Å²) >= 11 is 0. The Morgan fingerprint density at radius 1 is 1.33 bits per heavy atom. The van der Waals surface area contributed by atoms with E-state index in [0.29, 0.717) is 6.54 Å². The van der Waals surface area contributed by atoms with Gasteiger partial charge in [-0.05, 0) is 34.5 Å². The molecular weight excluding hydrogens is 232 g/mol. The van der Waals surface area contributed by atoms with Crippen molar-refractivity contribution in [2.45, 2.75) is 13.5 Å². The molecule has 2 heterocycles. The number of nitrogens with zero attached hydrogens (tertiary/aromatic N) is 3. The van der Waals surface area contributed by atoms with Crippen molar-refractivity contribution in [1.29, 1.82) is 0 Å². The molecule has 1 N–H and O–H groups in total. The minimum Gasteiger partial charge on any atom is -0.376 e. The molecule has 92 valence electrons. The molecule has 0 unspecified atom stereocenters. The van der Waals surface area contributed by atoms with E-state index in [0.717, 1.165) is 16.9 Å². The molecule has 6 heteroatoms. The number of aromatic nitrogens is 2. The Balaban J connectivity index is 2.02. The fraction of sp³-hybridized carbons (Fsp3) is 0.167. The summed E-state index contributed by atoms with van der Waals surface area (Å²) in [6, 6.07) is 6.86. The summed E-state index contributed by atoms with van der Waals surface area (Å²) in [5.41, 5.74) is 2.77. The number of rotatable bonds is 4. The van der Waals surface area contributed by atoms with E-state index in [1.54, 1.807) is 12.3 Å². The van der Waals surface area contributed by atoms with Crippen LogP contribution in [0.4, 0.5) is 11.5 Å². The van der Waals surface area contributed by atoms with Gasteiger partial charge in [0.15, 0.2) is 6.20 Å². The van der Waals surface area contributed by atoms with Crippen molar-refractivity contribution in [1.82, 2.24) is 9.97 Å². The second-order valence-electron chi connectivity index (χ2n) is 3.78. The van der Waals surface area contributed by atoms with Gasteiger partial charge < -0.3 is 15.4 Å². The molecule has 6 nitrogen and oxygen atoms in total. The Labute approximate surface area is 104 Å². The molecule has 0 aliphatic heterocycles. The molecule has 0 aliphatic carbocycles. The van der Waals surface area contributed by atoms with Crippen molar-refractivity contribution < 1.29 is 4.92 Å². The van der Waals surface area contributed by atoms with Gasteiger partial charge in [-0.25, -0.2) is 0 Å². The van der Waals surface area contributed by atoms with E-state index in [1.807, 2.05) is 19.1 Å². The number of nitro groups is 1. The van der Waals surface area contributed by atoms with Crippen LogP contribution in [-0.4, -0.2) is 14.9 Å². The third-order valence-electron chi connectivity index (χ3n) is 2.51. The van der Waals surface area contributed by atoms with Crippen molar-refractivity contribution in [3.05, 3.63) is 58.0 Å².